The average molecular weight is 277 g/mol. The number of benzene rings is 1. The molecule has 1 fully saturated rings. The number of nitrogens with zero attached hydrogens (tertiary/aromatic N) is 2. The second-order valence-corrected chi connectivity index (χ2v) is 5.47. The minimum Gasteiger partial charge on any atom is -0.318 e. The van der Waals surface area contributed by atoms with Crippen LogP contribution in [0.2, 0.25) is 0 Å². The number of non-ortho nitro benzene ring substituents is 1. The first-order valence-electron chi connectivity index (χ1n) is 7.28. The maximum atomic E-state index is 10.7. The van der Waals surface area contributed by atoms with Crippen LogP contribution in [-0.2, 0) is 0 Å². The third-order valence-corrected chi connectivity index (χ3v) is 4.20. The Hall–Kier alpha value is -1.46. The normalized spacial score (nSPS) is 21.6. The van der Waals surface area contributed by atoms with Crippen LogP contribution in [0.3, 0.4) is 0 Å². The maximum Gasteiger partial charge on any atom is 0.269 e. The van der Waals surface area contributed by atoms with Gasteiger partial charge in [-0.2, -0.15) is 0 Å². The fourth-order valence-electron chi connectivity index (χ4n) is 3.05. The van der Waals surface area contributed by atoms with Crippen molar-refractivity contribution in [3.63, 3.8) is 0 Å². The van der Waals surface area contributed by atoms with Gasteiger partial charge in [-0.3, -0.25) is 15.0 Å². The lowest BCUT2D eigenvalue weighted by atomic mass is 9.97. The third-order valence-electron chi connectivity index (χ3n) is 4.20. The molecule has 5 heteroatoms. The quantitative estimate of drug-likeness (QED) is 0.664. The molecule has 0 amide bonds. The van der Waals surface area contributed by atoms with Crippen molar-refractivity contribution >= 4 is 5.69 Å². The molecule has 5 nitrogen and oxygen atoms in total. The van der Waals surface area contributed by atoms with Gasteiger partial charge >= 0.3 is 0 Å². The van der Waals surface area contributed by atoms with Gasteiger partial charge in [0, 0.05) is 30.8 Å². The number of likely N-dealkylation sites (N-methyl/N-ethyl adjacent to an activating group) is 1. The van der Waals surface area contributed by atoms with Gasteiger partial charge in [0.2, 0.25) is 0 Å². The van der Waals surface area contributed by atoms with Gasteiger partial charge in [-0.1, -0.05) is 18.6 Å². The molecular formula is C15H23N3O2. The van der Waals surface area contributed by atoms with Crippen LogP contribution in [0.5, 0.6) is 0 Å². The summed E-state index contributed by atoms with van der Waals surface area (Å²) in [6.45, 7) is 4.29. The SMILES string of the molecule is CNCC1CCCCN1C(C)c1ccc([N+](=O)[O-])cc1. The fraction of sp³-hybridized carbons (Fsp3) is 0.600. The Labute approximate surface area is 120 Å². The Morgan fingerprint density at radius 1 is 1.40 bits per heavy atom. The minimum atomic E-state index is -0.348. The standard InChI is InChI=1S/C15H23N3O2/c1-12(13-6-8-14(9-7-13)18(19)20)17-10-4-3-5-15(17)11-16-2/h6-9,12,15-16H,3-5,10-11H2,1-2H3. The summed E-state index contributed by atoms with van der Waals surface area (Å²) in [6, 6.07) is 7.82. The fourth-order valence-corrected chi connectivity index (χ4v) is 3.05. The Balaban J connectivity index is 2.11. The van der Waals surface area contributed by atoms with Crippen molar-refractivity contribution in [3.8, 4) is 0 Å². The van der Waals surface area contributed by atoms with E-state index in [9.17, 15) is 10.1 Å². The number of nitrogens with one attached hydrogen (secondary N) is 1. The number of nitro benzene ring substituents is 1. The topological polar surface area (TPSA) is 58.4 Å². The van der Waals surface area contributed by atoms with E-state index < -0.39 is 0 Å². The summed E-state index contributed by atoms with van der Waals surface area (Å²) in [4.78, 5) is 12.9. The Kier molecular flexibility index (Phi) is 5.09. The molecule has 1 aromatic carbocycles. The highest BCUT2D eigenvalue weighted by atomic mass is 16.6. The second kappa shape index (κ2) is 6.81. The molecule has 1 saturated heterocycles. The molecule has 2 rings (SSSR count). The number of rotatable bonds is 5. The lowest BCUT2D eigenvalue weighted by Gasteiger charge is -2.40. The van der Waals surface area contributed by atoms with Crippen LogP contribution in [0.1, 0.15) is 37.8 Å². The third kappa shape index (κ3) is 3.35. The molecule has 0 bridgehead atoms. The lowest BCUT2D eigenvalue weighted by Crippen LogP contribution is -2.45. The van der Waals surface area contributed by atoms with Crippen molar-refractivity contribution in [2.75, 3.05) is 20.1 Å². The monoisotopic (exact) mass is 277 g/mol. The molecular weight excluding hydrogens is 254 g/mol. The van der Waals surface area contributed by atoms with Gasteiger partial charge in [0.1, 0.15) is 0 Å². The molecule has 1 aliphatic rings. The number of nitro groups is 1. The van der Waals surface area contributed by atoms with Crippen LogP contribution < -0.4 is 5.32 Å². The zero-order valence-electron chi connectivity index (χ0n) is 12.2. The van der Waals surface area contributed by atoms with Crippen LogP contribution in [0.25, 0.3) is 0 Å². The maximum absolute atomic E-state index is 10.7. The van der Waals surface area contributed by atoms with Crippen molar-refractivity contribution in [1.82, 2.24) is 10.2 Å². The molecule has 2 atom stereocenters. The molecule has 1 N–H and O–H groups in total. The summed E-state index contributed by atoms with van der Waals surface area (Å²) in [5.41, 5.74) is 1.31. The predicted molar refractivity (Wildman–Crippen MR) is 79.8 cm³/mol. The minimum absolute atomic E-state index is 0.159. The molecule has 0 aliphatic carbocycles. The summed E-state index contributed by atoms with van der Waals surface area (Å²) in [7, 11) is 1.99. The first-order valence-corrected chi connectivity index (χ1v) is 7.28. The Bertz CT molecular complexity index is 445. The van der Waals surface area contributed by atoms with Crippen molar-refractivity contribution in [2.45, 2.75) is 38.3 Å². The van der Waals surface area contributed by atoms with E-state index in [1.807, 2.05) is 19.2 Å². The molecule has 0 spiro atoms. The van der Waals surface area contributed by atoms with Gasteiger partial charge in [-0.15, -0.1) is 0 Å². The number of piperidine rings is 1. The van der Waals surface area contributed by atoms with Gasteiger partial charge in [0.15, 0.2) is 0 Å². The Morgan fingerprint density at radius 3 is 2.70 bits per heavy atom. The van der Waals surface area contributed by atoms with Crippen LogP contribution in [-0.4, -0.2) is 36.0 Å². The highest BCUT2D eigenvalue weighted by Crippen LogP contribution is 2.29. The van der Waals surface area contributed by atoms with E-state index in [0.717, 1.165) is 18.7 Å². The molecule has 1 aromatic rings. The molecule has 1 aliphatic heterocycles. The van der Waals surface area contributed by atoms with Crippen LogP contribution >= 0.6 is 0 Å². The van der Waals surface area contributed by atoms with Crippen LogP contribution in [0.15, 0.2) is 24.3 Å². The molecule has 110 valence electrons. The number of likely N-dealkylation sites (tertiary alicyclic amines) is 1. The zero-order valence-corrected chi connectivity index (χ0v) is 12.2. The average Bonchev–Trinajstić information content (AvgIpc) is 2.47. The predicted octanol–water partition coefficient (Wildman–Crippen LogP) is 2.73. The Morgan fingerprint density at radius 2 is 2.10 bits per heavy atom. The number of hydrogen-bond donors (Lipinski definition) is 1. The molecule has 0 radical (unpaired) electrons. The van der Waals surface area contributed by atoms with Crippen molar-refractivity contribution in [3.05, 3.63) is 39.9 Å². The van der Waals surface area contributed by atoms with Gasteiger partial charge < -0.3 is 5.32 Å². The van der Waals surface area contributed by atoms with E-state index in [4.69, 9.17) is 0 Å². The smallest absolute Gasteiger partial charge is 0.269 e. The zero-order chi connectivity index (χ0) is 14.5. The van der Waals surface area contributed by atoms with Gasteiger partial charge in [-0.05, 0) is 38.9 Å². The number of hydrogen-bond acceptors (Lipinski definition) is 4. The lowest BCUT2D eigenvalue weighted by molar-refractivity contribution is -0.384. The van der Waals surface area contributed by atoms with E-state index in [-0.39, 0.29) is 10.6 Å². The summed E-state index contributed by atoms with van der Waals surface area (Å²) in [5, 5.41) is 14.0. The first kappa shape index (κ1) is 14.9. The summed E-state index contributed by atoms with van der Waals surface area (Å²) < 4.78 is 0. The molecule has 1 heterocycles. The highest BCUT2D eigenvalue weighted by molar-refractivity contribution is 5.34. The first-order chi connectivity index (χ1) is 9.63. The van der Waals surface area contributed by atoms with Crippen LogP contribution in [0.4, 0.5) is 5.69 Å². The van der Waals surface area contributed by atoms with Gasteiger partial charge in [-0.25, -0.2) is 0 Å². The highest BCUT2D eigenvalue weighted by Gasteiger charge is 2.26. The van der Waals surface area contributed by atoms with Crippen LogP contribution in [0, 0.1) is 10.1 Å². The van der Waals surface area contributed by atoms with E-state index in [1.165, 1.54) is 19.3 Å². The van der Waals surface area contributed by atoms with E-state index in [1.54, 1.807) is 12.1 Å². The van der Waals surface area contributed by atoms with Crippen molar-refractivity contribution in [1.29, 1.82) is 0 Å². The largest absolute Gasteiger partial charge is 0.318 e. The van der Waals surface area contributed by atoms with E-state index >= 15 is 0 Å². The summed E-state index contributed by atoms with van der Waals surface area (Å²) in [6.07, 6.45) is 3.74. The van der Waals surface area contributed by atoms with Crippen molar-refractivity contribution < 1.29 is 4.92 Å². The molecule has 2 unspecified atom stereocenters. The molecule has 0 saturated carbocycles. The summed E-state index contributed by atoms with van der Waals surface area (Å²) >= 11 is 0. The van der Waals surface area contributed by atoms with Crippen molar-refractivity contribution in [2.24, 2.45) is 0 Å². The van der Waals surface area contributed by atoms with Gasteiger partial charge in [0.05, 0.1) is 4.92 Å². The van der Waals surface area contributed by atoms with Gasteiger partial charge in [0.25, 0.3) is 5.69 Å². The van der Waals surface area contributed by atoms with E-state index in [2.05, 4.69) is 17.1 Å². The molecule has 20 heavy (non-hydrogen) atoms. The second-order valence-electron chi connectivity index (χ2n) is 5.47. The molecule has 0 aromatic heterocycles. The summed E-state index contributed by atoms with van der Waals surface area (Å²) in [5.74, 6) is 0. The van der Waals surface area contributed by atoms with E-state index in [0.29, 0.717) is 12.1 Å².